The van der Waals surface area contributed by atoms with Crippen molar-refractivity contribution in [1.29, 1.82) is 0 Å². The van der Waals surface area contributed by atoms with Crippen molar-refractivity contribution in [3.05, 3.63) is 0 Å². The van der Waals surface area contributed by atoms with E-state index in [1.54, 1.807) is 7.05 Å². The average molecular weight is 175 g/mol. The standard InChI is InChI=1S/C7H13NO4/c1-8-5(3-7(10)11)6(9)4-12-2/h5,8H,3-4H2,1-2H3,(H,10,11)/t5-/m0/s1. The molecule has 0 aromatic rings. The summed E-state index contributed by atoms with van der Waals surface area (Å²) in [6, 6.07) is -0.651. The summed E-state index contributed by atoms with van der Waals surface area (Å²) in [5, 5.41) is 11.0. The highest BCUT2D eigenvalue weighted by Crippen LogP contribution is 1.93. The molecule has 0 spiro atoms. The summed E-state index contributed by atoms with van der Waals surface area (Å²) in [4.78, 5) is 21.3. The van der Waals surface area contributed by atoms with Crippen molar-refractivity contribution in [2.75, 3.05) is 20.8 Å². The van der Waals surface area contributed by atoms with Crippen LogP contribution in [0, 0.1) is 0 Å². The Morgan fingerprint density at radius 2 is 2.17 bits per heavy atom. The van der Waals surface area contributed by atoms with Gasteiger partial charge in [0.2, 0.25) is 0 Å². The van der Waals surface area contributed by atoms with Gasteiger partial charge in [0.05, 0.1) is 12.5 Å². The predicted molar refractivity (Wildman–Crippen MR) is 42.0 cm³/mol. The minimum atomic E-state index is -1.00. The fourth-order valence-electron chi connectivity index (χ4n) is 0.794. The maximum Gasteiger partial charge on any atom is 0.305 e. The SMILES string of the molecule is CN[C@@H](CC(=O)O)C(=O)COC. The van der Waals surface area contributed by atoms with Gasteiger partial charge in [-0.05, 0) is 7.05 Å². The number of aliphatic carboxylic acids is 1. The quantitative estimate of drug-likeness (QED) is 0.556. The number of nitrogens with one attached hydrogen (secondary N) is 1. The van der Waals surface area contributed by atoms with Crippen LogP contribution in [-0.4, -0.2) is 43.7 Å². The van der Waals surface area contributed by atoms with Gasteiger partial charge in [-0.1, -0.05) is 0 Å². The fourth-order valence-corrected chi connectivity index (χ4v) is 0.794. The lowest BCUT2D eigenvalue weighted by molar-refractivity contribution is -0.140. The van der Waals surface area contributed by atoms with Gasteiger partial charge in [0, 0.05) is 7.11 Å². The van der Waals surface area contributed by atoms with Crippen molar-refractivity contribution in [2.45, 2.75) is 12.5 Å². The zero-order chi connectivity index (χ0) is 9.56. The molecule has 0 aliphatic carbocycles. The fraction of sp³-hybridized carbons (Fsp3) is 0.714. The van der Waals surface area contributed by atoms with E-state index in [2.05, 4.69) is 10.1 Å². The summed E-state index contributed by atoms with van der Waals surface area (Å²) in [5.74, 6) is -1.25. The lowest BCUT2D eigenvalue weighted by Crippen LogP contribution is -2.38. The van der Waals surface area contributed by atoms with Crippen molar-refractivity contribution >= 4 is 11.8 Å². The zero-order valence-corrected chi connectivity index (χ0v) is 7.16. The van der Waals surface area contributed by atoms with Crippen molar-refractivity contribution in [1.82, 2.24) is 5.32 Å². The van der Waals surface area contributed by atoms with Crippen LogP contribution in [0.1, 0.15) is 6.42 Å². The zero-order valence-electron chi connectivity index (χ0n) is 7.16. The van der Waals surface area contributed by atoms with Gasteiger partial charge in [0.25, 0.3) is 0 Å². The normalized spacial score (nSPS) is 12.5. The highest BCUT2D eigenvalue weighted by atomic mass is 16.5. The molecule has 70 valence electrons. The molecule has 0 aromatic heterocycles. The largest absolute Gasteiger partial charge is 0.481 e. The molecule has 0 bridgehead atoms. The van der Waals surface area contributed by atoms with Gasteiger partial charge in [-0.25, -0.2) is 0 Å². The first-order valence-electron chi connectivity index (χ1n) is 3.52. The van der Waals surface area contributed by atoms with Crippen molar-refractivity contribution < 1.29 is 19.4 Å². The summed E-state index contributed by atoms with van der Waals surface area (Å²) >= 11 is 0. The summed E-state index contributed by atoms with van der Waals surface area (Å²) in [6.45, 7) is -0.0568. The molecule has 0 rings (SSSR count). The number of carboxylic acid groups (broad SMARTS) is 1. The van der Waals surface area contributed by atoms with Crippen LogP contribution in [0.5, 0.6) is 0 Å². The number of hydrogen-bond donors (Lipinski definition) is 2. The lowest BCUT2D eigenvalue weighted by Gasteiger charge is -2.11. The molecule has 12 heavy (non-hydrogen) atoms. The minimum Gasteiger partial charge on any atom is -0.481 e. The van der Waals surface area contributed by atoms with E-state index in [0.29, 0.717) is 0 Å². The van der Waals surface area contributed by atoms with Crippen LogP contribution in [0.3, 0.4) is 0 Å². The van der Waals surface area contributed by atoms with E-state index in [4.69, 9.17) is 5.11 Å². The number of likely N-dealkylation sites (N-methyl/N-ethyl adjacent to an activating group) is 1. The van der Waals surface area contributed by atoms with Gasteiger partial charge in [-0.2, -0.15) is 0 Å². The molecule has 0 radical (unpaired) electrons. The van der Waals surface area contributed by atoms with Crippen LogP contribution in [0.4, 0.5) is 0 Å². The smallest absolute Gasteiger partial charge is 0.305 e. The van der Waals surface area contributed by atoms with E-state index in [-0.39, 0.29) is 18.8 Å². The summed E-state index contributed by atoms with van der Waals surface area (Å²) in [5.41, 5.74) is 0. The Balaban J connectivity index is 3.96. The first-order valence-corrected chi connectivity index (χ1v) is 3.52. The van der Waals surface area contributed by atoms with Crippen molar-refractivity contribution in [3.8, 4) is 0 Å². The van der Waals surface area contributed by atoms with E-state index in [1.807, 2.05) is 0 Å². The van der Waals surface area contributed by atoms with Crippen molar-refractivity contribution in [3.63, 3.8) is 0 Å². The third-order valence-corrected chi connectivity index (χ3v) is 1.40. The predicted octanol–water partition coefficient (Wildman–Crippen LogP) is -0.735. The molecule has 0 heterocycles. The molecule has 0 aliphatic heterocycles. The van der Waals surface area contributed by atoms with Crippen LogP contribution < -0.4 is 5.32 Å². The van der Waals surface area contributed by atoms with Gasteiger partial charge in [-0.3, -0.25) is 9.59 Å². The molecule has 0 aromatic carbocycles. The first kappa shape index (κ1) is 11.1. The number of carboxylic acids is 1. The molecule has 1 atom stereocenters. The number of ketones is 1. The van der Waals surface area contributed by atoms with Gasteiger partial charge in [0.15, 0.2) is 5.78 Å². The topological polar surface area (TPSA) is 75.6 Å². The highest BCUT2D eigenvalue weighted by molar-refractivity contribution is 5.88. The van der Waals surface area contributed by atoms with Gasteiger partial charge < -0.3 is 15.2 Å². The number of methoxy groups -OCH3 is 1. The molecule has 5 nitrogen and oxygen atoms in total. The average Bonchev–Trinajstić information content (AvgIpc) is 2.00. The third kappa shape index (κ3) is 4.05. The van der Waals surface area contributed by atoms with Crippen LogP contribution in [0.25, 0.3) is 0 Å². The maximum atomic E-state index is 11.1. The van der Waals surface area contributed by atoms with E-state index in [1.165, 1.54) is 7.11 Å². The second-order valence-electron chi connectivity index (χ2n) is 2.34. The Labute approximate surface area is 70.7 Å². The van der Waals surface area contributed by atoms with Gasteiger partial charge >= 0.3 is 5.97 Å². The highest BCUT2D eigenvalue weighted by Gasteiger charge is 2.18. The summed E-state index contributed by atoms with van der Waals surface area (Å²) in [6.07, 6.45) is -0.210. The molecule has 0 amide bonds. The van der Waals surface area contributed by atoms with E-state index < -0.39 is 12.0 Å². The third-order valence-electron chi connectivity index (χ3n) is 1.40. The Kier molecular flexibility index (Phi) is 5.23. The monoisotopic (exact) mass is 175 g/mol. The summed E-state index contributed by atoms with van der Waals surface area (Å²) < 4.78 is 4.59. The molecular formula is C7H13NO4. The minimum absolute atomic E-state index is 0.0568. The Hall–Kier alpha value is -0.940. The van der Waals surface area contributed by atoms with Crippen LogP contribution >= 0.6 is 0 Å². The van der Waals surface area contributed by atoms with Crippen LogP contribution in [0.15, 0.2) is 0 Å². The number of carbonyl (C=O) groups excluding carboxylic acids is 1. The second kappa shape index (κ2) is 5.68. The van der Waals surface area contributed by atoms with Crippen molar-refractivity contribution in [2.24, 2.45) is 0 Å². The van der Waals surface area contributed by atoms with Crippen LogP contribution in [-0.2, 0) is 14.3 Å². The maximum absolute atomic E-state index is 11.1. The van der Waals surface area contributed by atoms with E-state index in [0.717, 1.165) is 0 Å². The first-order chi connectivity index (χ1) is 5.61. The molecule has 2 N–H and O–H groups in total. The number of ether oxygens (including phenoxy) is 1. The second-order valence-corrected chi connectivity index (χ2v) is 2.34. The Morgan fingerprint density at radius 1 is 1.58 bits per heavy atom. The number of Topliss-reactive ketones (excluding diaryl/α,β-unsaturated/α-hetero) is 1. The Bertz CT molecular complexity index is 169. The van der Waals surface area contributed by atoms with Gasteiger partial charge in [-0.15, -0.1) is 0 Å². The summed E-state index contributed by atoms with van der Waals surface area (Å²) in [7, 11) is 2.94. The molecule has 0 fully saturated rings. The number of hydrogen-bond acceptors (Lipinski definition) is 4. The molecule has 5 heteroatoms. The van der Waals surface area contributed by atoms with E-state index >= 15 is 0 Å². The Morgan fingerprint density at radius 3 is 2.50 bits per heavy atom. The van der Waals surface area contributed by atoms with Crippen LogP contribution in [0.2, 0.25) is 0 Å². The molecular weight excluding hydrogens is 162 g/mol. The molecule has 0 aliphatic rings. The molecule has 0 unspecified atom stereocenters. The molecule has 0 saturated carbocycles. The lowest BCUT2D eigenvalue weighted by atomic mass is 10.1. The van der Waals surface area contributed by atoms with E-state index in [9.17, 15) is 9.59 Å². The number of carbonyl (C=O) groups is 2. The van der Waals surface area contributed by atoms with Gasteiger partial charge in [0.1, 0.15) is 6.61 Å². The number of rotatable bonds is 6. The molecule has 0 saturated heterocycles.